The first-order valence-corrected chi connectivity index (χ1v) is 8.46. The van der Waals surface area contributed by atoms with E-state index in [4.69, 9.17) is 11.6 Å². The maximum atomic E-state index is 12.1. The van der Waals surface area contributed by atoms with Gasteiger partial charge in [0.25, 0.3) is 5.91 Å². The summed E-state index contributed by atoms with van der Waals surface area (Å²) in [5, 5.41) is 3.63. The molecule has 0 unspecified atom stereocenters. The topological polar surface area (TPSA) is 62.6 Å². The van der Waals surface area contributed by atoms with Crippen molar-refractivity contribution < 1.29 is 9.69 Å². The molecule has 126 valence electrons. The molecule has 0 saturated carbocycles. The summed E-state index contributed by atoms with van der Waals surface area (Å²) in [4.78, 5) is 24.1. The van der Waals surface area contributed by atoms with Crippen LogP contribution < -0.4 is 15.1 Å². The minimum absolute atomic E-state index is 0.0503. The summed E-state index contributed by atoms with van der Waals surface area (Å²) in [7, 11) is 0. The minimum Gasteiger partial charge on any atom is -0.347 e. The molecule has 2 heterocycles. The summed E-state index contributed by atoms with van der Waals surface area (Å²) in [5.74, 6) is 0.814. The highest BCUT2D eigenvalue weighted by atomic mass is 35.5. The van der Waals surface area contributed by atoms with Gasteiger partial charge >= 0.3 is 0 Å². The first-order chi connectivity index (χ1) is 11.7. The van der Waals surface area contributed by atoms with E-state index >= 15 is 0 Å². The molecule has 2 N–H and O–H groups in total. The van der Waals surface area contributed by atoms with Crippen LogP contribution in [0.2, 0.25) is 5.02 Å². The molecule has 0 bridgehead atoms. The van der Waals surface area contributed by atoms with Crippen molar-refractivity contribution >= 4 is 23.5 Å². The predicted octanol–water partition coefficient (Wildman–Crippen LogP) is 0.151. The number of rotatable bonds is 5. The van der Waals surface area contributed by atoms with Crippen molar-refractivity contribution in [2.24, 2.45) is 0 Å². The van der Waals surface area contributed by atoms with Crippen LogP contribution in [0.1, 0.15) is 5.56 Å². The van der Waals surface area contributed by atoms with Crippen molar-refractivity contribution in [3.63, 3.8) is 0 Å². The van der Waals surface area contributed by atoms with Crippen LogP contribution in [0.5, 0.6) is 0 Å². The van der Waals surface area contributed by atoms with E-state index in [1.54, 1.807) is 12.4 Å². The molecular weight excluding hydrogens is 326 g/mol. The van der Waals surface area contributed by atoms with E-state index in [0.717, 1.165) is 37.7 Å². The highest BCUT2D eigenvalue weighted by molar-refractivity contribution is 6.31. The molecule has 24 heavy (non-hydrogen) atoms. The number of aromatic nitrogens is 2. The van der Waals surface area contributed by atoms with Gasteiger partial charge in [-0.05, 0) is 17.7 Å². The number of nitrogens with one attached hydrogen (secondary N) is 2. The first-order valence-electron chi connectivity index (χ1n) is 8.08. The number of carbonyl (C=O) groups is 1. The Bertz CT molecular complexity index is 674. The highest BCUT2D eigenvalue weighted by Gasteiger charge is 2.23. The standard InChI is InChI=1S/C17H20ClN5O/c18-15-5-2-1-4-14(15)12-21-16(24)13-22-8-10-23(11-9-22)17-19-6-3-7-20-17/h1-7H,8-13H2,(H,21,24)/p+1. The fourth-order valence-electron chi connectivity index (χ4n) is 2.78. The smallest absolute Gasteiger partial charge is 0.275 e. The first kappa shape index (κ1) is 16.7. The summed E-state index contributed by atoms with van der Waals surface area (Å²) >= 11 is 6.10. The summed E-state index contributed by atoms with van der Waals surface area (Å²) in [6, 6.07) is 9.37. The van der Waals surface area contributed by atoms with Gasteiger partial charge in [0.05, 0.1) is 26.2 Å². The second kappa shape index (κ2) is 8.08. The monoisotopic (exact) mass is 346 g/mol. The van der Waals surface area contributed by atoms with Crippen LogP contribution in [0.4, 0.5) is 5.95 Å². The van der Waals surface area contributed by atoms with Crippen LogP contribution in [0.15, 0.2) is 42.7 Å². The zero-order chi connectivity index (χ0) is 16.8. The van der Waals surface area contributed by atoms with Crippen molar-refractivity contribution in [1.29, 1.82) is 0 Å². The van der Waals surface area contributed by atoms with Crippen LogP contribution in [-0.4, -0.2) is 48.6 Å². The van der Waals surface area contributed by atoms with Crippen molar-refractivity contribution in [2.75, 3.05) is 37.6 Å². The highest BCUT2D eigenvalue weighted by Crippen LogP contribution is 2.14. The minimum atomic E-state index is 0.0503. The third kappa shape index (κ3) is 4.43. The number of carbonyl (C=O) groups excluding carboxylic acids is 1. The quantitative estimate of drug-likeness (QED) is 0.809. The van der Waals surface area contributed by atoms with Crippen LogP contribution >= 0.6 is 11.6 Å². The zero-order valence-electron chi connectivity index (χ0n) is 13.4. The second-order valence-electron chi connectivity index (χ2n) is 5.83. The molecule has 1 saturated heterocycles. The van der Waals surface area contributed by atoms with Crippen LogP contribution in [-0.2, 0) is 11.3 Å². The molecule has 1 aliphatic rings. The number of nitrogens with zero attached hydrogens (tertiary/aromatic N) is 3. The lowest BCUT2D eigenvalue weighted by Gasteiger charge is -2.31. The fourth-order valence-corrected chi connectivity index (χ4v) is 2.98. The zero-order valence-corrected chi connectivity index (χ0v) is 14.2. The van der Waals surface area contributed by atoms with Crippen molar-refractivity contribution in [2.45, 2.75) is 6.54 Å². The van der Waals surface area contributed by atoms with E-state index in [1.807, 2.05) is 30.3 Å². The van der Waals surface area contributed by atoms with Gasteiger partial charge in [0.15, 0.2) is 6.54 Å². The Kier molecular flexibility index (Phi) is 5.61. The third-order valence-corrected chi connectivity index (χ3v) is 4.52. The van der Waals surface area contributed by atoms with Crippen molar-refractivity contribution in [3.8, 4) is 0 Å². The fraction of sp³-hybridized carbons (Fsp3) is 0.353. The van der Waals surface area contributed by atoms with Gasteiger partial charge in [-0.3, -0.25) is 4.79 Å². The number of hydrogen-bond donors (Lipinski definition) is 2. The SMILES string of the molecule is O=C(C[NH+]1CCN(c2ncccn2)CC1)NCc1ccccc1Cl. The molecule has 7 heteroatoms. The molecule has 0 radical (unpaired) electrons. The molecule has 1 aliphatic heterocycles. The number of benzene rings is 1. The summed E-state index contributed by atoms with van der Waals surface area (Å²) in [5.41, 5.74) is 0.938. The Labute approximate surface area is 146 Å². The van der Waals surface area contributed by atoms with Gasteiger partial charge in [-0.1, -0.05) is 29.8 Å². The van der Waals surface area contributed by atoms with E-state index in [9.17, 15) is 4.79 Å². The lowest BCUT2D eigenvalue weighted by atomic mass is 10.2. The number of amides is 1. The largest absolute Gasteiger partial charge is 0.347 e. The molecule has 2 aromatic rings. The Morgan fingerprint density at radius 2 is 1.88 bits per heavy atom. The van der Waals surface area contributed by atoms with Gasteiger partial charge < -0.3 is 15.1 Å². The van der Waals surface area contributed by atoms with E-state index in [1.165, 1.54) is 4.90 Å². The molecule has 1 aromatic heterocycles. The Morgan fingerprint density at radius 3 is 2.58 bits per heavy atom. The lowest BCUT2D eigenvalue weighted by Crippen LogP contribution is -3.16. The summed E-state index contributed by atoms with van der Waals surface area (Å²) < 4.78 is 0. The predicted molar refractivity (Wildman–Crippen MR) is 93.1 cm³/mol. The Balaban J connectivity index is 1.43. The number of hydrogen-bond acceptors (Lipinski definition) is 4. The van der Waals surface area contributed by atoms with Crippen molar-refractivity contribution in [1.82, 2.24) is 15.3 Å². The number of anilines is 1. The number of piperazine rings is 1. The molecule has 0 aliphatic carbocycles. The second-order valence-corrected chi connectivity index (χ2v) is 6.24. The molecule has 0 spiro atoms. The van der Waals surface area contributed by atoms with Crippen LogP contribution in [0, 0.1) is 0 Å². The van der Waals surface area contributed by atoms with E-state index in [2.05, 4.69) is 20.2 Å². The summed E-state index contributed by atoms with van der Waals surface area (Å²) in [6.07, 6.45) is 3.51. The maximum absolute atomic E-state index is 12.1. The van der Waals surface area contributed by atoms with Crippen LogP contribution in [0.3, 0.4) is 0 Å². The molecule has 1 amide bonds. The van der Waals surface area contributed by atoms with Gasteiger partial charge in [0, 0.05) is 24.0 Å². The Morgan fingerprint density at radius 1 is 1.17 bits per heavy atom. The third-order valence-electron chi connectivity index (χ3n) is 4.15. The van der Waals surface area contributed by atoms with Crippen LogP contribution in [0.25, 0.3) is 0 Å². The van der Waals surface area contributed by atoms with E-state index in [0.29, 0.717) is 18.1 Å². The van der Waals surface area contributed by atoms with Crippen molar-refractivity contribution in [3.05, 3.63) is 53.3 Å². The molecule has 1 aromatic carbocycles. The van der Waals surface area contributed by atoms with Gasteiger partial charge in [0.2, 0.25) is 5.95 Å². The average Bonchev–Trinajstić information content (AvgIpc) is 2.62. The molecule has 6 nitrogen and oxygen atoms in total. The van der Waals surface area contributed by atoms with Gasteiger partial charge in [0.1, 0.15) is 0 Å². The number of halogens is 1. The maximum Gasteiger partial charge on any atom is 0.275 e. The molecule has 3 rings (SSSR count). The number of quaternary nitrogens is 1. The average molecular weight is 347 g/mol. The molecular formula is C17H21ClN5O+. The Hall–Kier alpha value is -2.18. The molecule has 0 atom stereocenters. The van der Waals surface area contributed by atoms with Gasteiger partial charge in [-0.2, -0.15) is 0 Å². The van der Waals surface area contributed by atoms with E-state index < -0.39 is 0 Å². The normalized spacial score (nSPS) is 15.3. The molecule has 1 fully saturated rings. The lowest BCUT2D eigenvalue weighted by molar-refractivity contribution is -0.892. The summed E-state index contributed by atoms with van der Waals surface area (Å²) in [6.45, 7) is 4.47. The van der Waals surface area contributed by atoms with E-state index in [-0.39, 0.29) is 5.91 Å². The van der Waals surface area contributed by atoms with Gasteiger partial charge in [-0.25, -0.2) is 9.97 Å². The van der Waals surface area contributed by atoms with Gasteiger partial charge in [-0.15, -0.1) is 0 Å².